The van der Waals surface area contributed by atoms with E-state index in [0.29, 0.717) is 12.2 Å². The first-order valence-corrected chi connectivity index (χ1v) is 7.65. The van der Waals surface area contributed by atoms with Gasteiger partial charge in [0.05, 0.1) is 11.4 Å². The maximum Gasteiger partial charge on any atom is 0.324 e. The van der Waals surface area contributed by atoms with Crippen LogP contribution in [-0.4, -0.2) is 30.6 Å². The summed E-state index contributed by atoms with van der Waals surface area (Å²) in [7, 11) is 0. The SMILES string of the molecule is CCCN(C(=O)N1CCCCCC1)c1ccccc1N. The van der Waals surface area contributed by atoms with Gasteiger partial charge < -0.3 is 10.6 Å². The van der Waals surface area contributed by atoms with E-state index in [1.54, 1.807) is 0 Å². The molecule has 20 heavy (non-hydrogen) atoms. The van der Waals surface area contributed by atoms with Crippen LogP contribution in [-0.2, 0) is 0 Å². The van der Waals surface area contributed by atoms with Gasteiger partial charge in [0.1, 0.15) is 0 Å². The van der Waals surface area contributed by atoms with Crippen molar-refractivity contribution in [2.24, 2.45) is 0 Å². The number of nitrogens with two attached hydrogens (primary N) is 1. The van der Waals surface area contributed by atoms with E-state index in [1.807, 2.05) is 34.1 Å². The quantitative estimate of drug-likeness (QED) is 0.859. The molecule has 1 fully saturated rings. The number of rotatable bonds is 3. The molecule has 0 aliphatic carbocycles. The number of benzene rings is 1. The predicted molar refractivity (Wildman–Crippen MR) is 83.9 cm³/mol. The molecular formula is C16H25N3O. The zero-order chi connectivity index (χ0) is 14.4. The zero-order valence-electron chi connectivity index (χ0n) is 12.3. The number of hydrogen-bond acceptors (Lipinski definition) is 2. The van der Waals surface area contributed by atoms with E-state index >= 15 is 0 Å². The summed E-state index contributed by atoms with van der Waals surface area (Å²) in [5.41, 5.74) is 7.54. The number of amides is 2. The number of likely N-dealkylation sites (tertiary alicyclic amines) is 1. The number of hydrogen-bond donors (Lipinski definition) is 1. The first-order valence-electron chi connectivity index (χ1n) is 7.65. The van der Waals surface area contributed by atoms with Crippen LogP contribution in [0.2, 0.25) is 0 Å². The van der Waals surface area contributed by atoms with Gasteiger partial charge in [-0.1, -0.05) is 31.9 Å². The highest BCUT2D eigenvalue weighted by atomic mass is 16.2. The van der Waals surface area contributed by atoms with Crippen molar-refractivity contribution in [3.63, 3.8) is 0 Å². The Kier molecular flexibility index (Phi) is 5.27. The Bertz CT molecular complexity index is 439. The second-order valence-corrected chi connectivity index (χ2v) is 5.39. The minimum atomic E-state index is 0.103. The van der Waals surface area contributed by atoms with Crippen LogP contribution < -0.4 is 10.6 Å². The van der Waals surface area contributed by atoms with Crippen molar-refractivity contribution in [3.8, 4) is 0 Å². The molecule has 110 valence electrons. The number of anilines is 2. The molecule has 4 nitrogen and oxygen atoms in total. The van der Waals surface area contributed by atoms with Crippen LogP contribution in [0.15, 0.2) is 24.3 Å². The van der Waals surface area contributed by atoms with Crippen LogP contribution in [0, 0.1) is 0 Å². The molecule has 2 N–H and O–H groups in total. The molecule has 1 heterocycles. The van der Waals surface area contributed by atoms with E-state index in [-0.39, 0.29) is 6.03 Å². The topological polar surface area (TPSA) is 49.6 Å². The Balaban J connectivity index is 2.19. The minimum Gasteiger partial charge on any atom is -0.397 e. The molecule has 0 unspecified atom stereocenters. The van der Waals surface area contributed by atoms with Crippen LogP contribution in [0.4, 0.5) is 16.2 Å². The van der Waals surface area contributed by atoms with E-state index in [0.717, 1.165) is 38.0 Å². The van der Waals surface area contributed by atoms with E-state index in [1.165, 1.54) is 12.8 Å². The average Bonchev–Trinajstić information content (AvgIpc) is 2.74. The molecule has 0 spiro atoms. The van der Waals surface area contributed by atoms with Gasteiger partial charge in [-0.2, -0.15) is 0 Å². The van der Waals surface area contributed by atoms with Crippen molar-refractivity contribution < 1.29 is 4.79 Å². The highest BCUT2D eigenvalue weighted by Gasteiger charge is 2.23. The number of urea groups is 1. The highest BCUT2D eigenvalue weighted by Crippen LogP contribution is 2.24. The second kappa shape index (κ2) is 7.17. The summed E-state index contributed by atoms with van der Waals surface area (Å²) in [6.45, 7) is 4.53. The monoisotopic (exact) mass is 275 g/mol. The Morgan fingerprint density at radius 1 is 1.20 bits per heavy atom. The predicted octanol–water partition coefficient (Wildman–Crippen LogP) is 3.48. The summed E-state index contributed by atoms with van der Waals surface area (Å²) in [5, 5.41) is 0. The normalized spacial score (nSPS) is 15.8. The Morgan fingerprint density at radius 3 is 2.45 bits per heavy atom. The van der Waals surface area contributed by atoms with Crippen LogP contribution in [0.3, 0.4) is 0 Å². The van der Waals surface area contributed by atoms with Crippen LogP contribution in [0.1, 0.15) is 39.0 Å². The fraction of sp³-hybridized carbons (Fsp3) is 0.562. The van der Waals surface area contributed by atoms with Gasteiger partial charge in [0.2, 0.25) is 0 Å². The molecule has 1 aromatic carbocycles. The van der Waals surface area contributed by atoms with Crippen LogP contribution >= 0.6 is 0 Å². The third-order valence-corrected chi connectivity index (χ3v) is 3.78. The van der Waals surface area contributed by atoms with Gasteiger partial charge in [-0.05, 0) is 31.4 Å². The van der Waals surface area contributed by atoms with Crippen molar-refractivity contribution >= 4 is 17.4 Å². The average molecular weight is 275 g/mol. The molecule has 1 aliphatic rings. The van der Waals surface area contributed by atoms with Gasteiger partial charge in [-0.15, -0.1) is 0 Å². The van der Waals surface area contributed by atoms with Gasteiger partial charge in [-0.25, -0.2) is 4.79 Å². The molecule has 0 atom stereocenters. The zero-order valence-corrected chi connectivity index (χ0v) is 12.3. The Hall–Kier alpha value is -1.71. The van der Waals surface area contributed by atoms with Crippen molar-refractivity contribution in [1.29, 1.82) is 0 Å². The lowest BCUT2D eigenvalue weighted by Gasteiger charge is -2.30. The molecule has 2 amide bonds. The highest BCUT2D eigenvalue weighted by molar-refractivity contribution is 5.95. The molecule has 1 aliphatic heterocycles. The molecule has 0 saturated carbocycles. The lowest BCUT2D eigenvalue weighted by atomic mass is 10.2. The van der Waals surface area contributed by atoms with Crippen molar-refractivity contribution in [2.75, 3.05) is 30.3 Å². The first kappa shape index (κ1) is 14.7. The summed E-state index contributed by atoms with van der Waals surface area (Å²) in [6, 6.07) is 7.73. The van der Waals surface area contributed by atoms with E-state index in [4.69, 9.17) is 5.73 Å². The maximum atomic E-state index is 12.8. The number of para-hydroxylation sites is 2. The van der Waals surface area contributed by atoms with Crippen LogP contribution in [0.5, 0.6) is 0 Å². The van der Waals surface area contributed by atoms with E-state index < -0.39 is 0 Å². The summed E-state index contributed by atoms with van der Waals surface area (Å²) in [5.74, 6) is 0. The number of nitrogen functional groups attached to an aromatic ring is 1. The van der Waals surface area contributed by atoms with Gasteiger partial charge in [-0.3, -0.25) is 4.90 Å². The van der Waals surface area contributed by atoms with Gasteiger partial charge in [0.25, 0.3) is 0 Å². The van der Waals surface area contributed by atoms with Gasteiger partial charge in [0.15, 0.2) is 0 Å². The fourth-order valence-corrected chi connectivity index (χ4v) is 2.71. The molecule has 4 heteroatoms. The summed E-state index contributed by atoms with van der Waals surface area (Å²) in [6.07, 6.45) is 5.59. The molecule has 0 bridgehead atoms. The minimum absolute atomic E-state index is 0.103. The molecule has 2 rings (SSSR count). The first-order chi connectivity index (χ1) is 9.74. The summed E-state index contributed by atoms with van der Waals surface area (Å²) >= 11 is 0. The van der Waals surface area contributed by atoms with Gasteiger partial charge >= 0.3 is 6.03 Å². The third kappa shape index (κ3) is 3.44. The lowest BCUT2D eigenvalue weighted by Crippen LogP contribution is -2.44. The molecule has 0 aromatic heterocycles. The fourth-order valence-electron chi connectivity index (χ4n) is 2.71. The molecule has 1 saturated heterocycles. The number of nitrogens with zero attached hydrogens (tertiary/aromatic N) is 2. The Morgan fingerprint density at radius 2 is 1.85 bits per heavy atom. The standard InChI is InChI=1S/C16H25N3O/c1-2-11-19(15-10-6-5-9-14(15)17)16(20)18-12-7-3-4-8-13-18/h5-6,9-10H,2-4,7-8,11-13,17H2,1H3. The second-order valence-electron chi connectivity index (χ2n) is 5.39. The van der Waals surface area contributed by atoms with Crippen molar-refractivity contribution in [2.45, 2.75) is 39.0 Å². The summed E-state index contributed by atoms with van der Waals surface area (Å²) < 4.78 is 0. The maximum absolute atomic E-state index is 12.8. The third-order valence-electron chi connectivity index (χ3n) is 3.78. The number of carbonyl (C=O) groups is 1. The molecule has 1 aromatic rings. The van der Waals surface area contributed by atoms with Crippen LogP contribution in [0.25, 0.3) is 0 Å². The molecular weight excluding hydrogens is 250 g/mol. The van der Waals surface area contributed by atoms with Crippen molar-refractivity contribution in [1.82, 2.24) is 4.90 Å². The molecule has 0 radical (unpaired) electrons. The van der Waals surface area contributed by atoms with Crippen molar-refractivity contribution in [3.05, 3.63) is 24.3 Å². The van der Waals surface area contributed by atoms with Gasteiger partial charge in [0, 0.05) is 19.6 Å². The Labute approximate surface area is 121 Å². The van der Waals surface area contributed by atoms with E-state index in [9.17, 15) is 4.79 Å². The smallest absolute Gasteiger partial charge is 0.324 e. The summed E-state index contributed by atoms with van der Waals surface area (Å²) in [4.78, 5) is 16.6. The largest absolute Gasteiger partial charge is 0.397 e. The number of carbonyl (C=O) groups excluding carboxylic acids is 1. The van der Waals surface area contributed by atoms with E-state index in [2.05, 4.69) is 6.92 Å². The lowest BCUT2D eigenvalue weighted by molar-refractivity contribution is 0.206.